The van der Waals surface area contributed by atoms with E-state index in [4.69, 9.17) is 19.7 Å². The number of methoxy groups -OCH3 is 2. The Morgan fingerprint density at radius 2 is 2.05 bits per heavy atom. The molecule has 0 amide bonds. The van der Waals surface area contributed by atoms with Crippen molar-refractivity contribution in [2.75, 3.05) is 14.2 Å². The number of rotatable bonds is 5. The molecule has 0 spiro atoms. The van der Waals surface area contributed by atoms with Crippen LogP contribution in [0.2, 0.25) is 0 Å². The van der Waals surface area contributed by atoms with Gasteiger partial charge in [-0.3, -0.25) is 5.84 Å². The number of hydrogen-bond acceptors (Lipinski definition) is 5. The van der Waals surface area contributed by atoms with Crippen LogP contribution in [0.3, 0.4) is 0 Å². The quantitative estimate of drug-likeness (QED) is 0.646. The van der Waals surface area contributed by atoms with Crippen LogP contribution in [0, 0.1) is 6.92 Å². The van der Waals surface area contributed by atoms with Gasteiger partial charge in [-0.15, -0.1) is 0 Å². The molecule has 0 saturated carbocycles. The van der Waals surface area contributed by atoms with Crippen LogP contribution in [0.5, 0.6) is 11.5 Å². The van der Waals surface area contributed by atoms with Crippen molar-refractivity contribution < 1.29 is 13.9 Å². The number of benzene rings is 1. The van der Waals surface area contributed by atoms with Gasteiger partial charge in [-0.1, -0.05) is 0 Å². The van der Waals surface area contributed by atoms with Crippen LogP contribution in [-0.2, 0) is 0 Å². The second kappa shape index (κ2) is 6.30. The zero-order valence-corrected chi connectivity index (χ0v) is 13.2. The number of nitrogens with one attached hydrogen (secondary N) is 1. The van der Waals surface area contributed by atoms with E-state index in [-0.39, 0.29) is 6.04 Å². The van der Waals surface area contributed by atoms with Gasteiger partial charge in [-0.2, -0.15) is 0 Å². The molecule has 0 aliphatic rings. The molecule has 1 aromatic carbocycles. The topological polar surface area (TPSA) is 69.7 Å². The van der Waals surface area contributed by atoms with Gasteiger partial charge in [0, 0.05) is 11.1 Å². The fourth-order valence-corrected chi connectivity index (χ4v) is 2.81. The number of ether oxygens (including phenoxy) is 2. The molecule has 108 valence electrons. The molecule has 1 unspecified atom stereocenters. The number of nitrogens with two attached hydrogens (primary N) is 1. The Labute approximate surface area is 126 Å². The fourth-order valence-electron chi connectivity index (χ4n) is 2.13. The van der Waals surface area contributed by atoms with E-state index in [1.807, 2.05) is 25.1 Å². The molecule has 2 aromatic rings. The fraction of sp³-hybridized carbons (Fsp3) is 0.286. The highest BCUT2D eigenvalue weighted by atomic mass is 79.9. The summed E-state index contributed by atoms with van der Waals surface area (Å²) in [6.07, 6.45) is 1.68. The van der Waals surface area contributed by atoms with Gasteiger partial charge in [0.25, 0.3) is 0 Å². The monoisotopic (exact) mass is 340 g/mol. The van der Waals surface area contributed by atoms with E-state index in [2.05, 4.69) is 21.4 Å². The summed E-state index contributed by atoms with van der Waals surface area (Å²) in [4.78, 5) is 0. The normalized spacial score (nSPS) is 12.2. The van der Waals surface area contributed by atoms with E-state index in [9.17, 15) is 0 Å². The summed E-state index contributed by atoms with van der Waals surface area (Å²) < 4.78 is 16.8. The second-order valence-electron chi connectivity index (χ2n) is 4.29. The predicted octanol–water partition coefficient (Wildman–Crippen LogP) is 2.92. The zero-order chi connectivity index (χ0) is 14.7. The molecule has 0 aliphatic carbocycles. The lowest BCUT2D eigenvalue weighted by molar-refractivity contribution is 0.382. The van der Waals surface area contributed by atoms with Crippen LogP contribution in [0.1, 0.15) is 22.9 Å². The van der Waals surface area contributed by atoms with Gasteiger partial charge >= 0.3 is 0 Å². The molecule has 0 aliphatic heterocycles. The van der Waals surface area contributed by atoms with Crippen LogP contribution < -0.4 is 20.7 Å². The summed E-state index contributed by atoms with van der Waals surface area (Å²) in [5, 5.41) is 0. The van der Waals surface area contributed by atoms with Crippen molar-refractivity contribution in [3.63, 3.8) is 0 Å². The van der Waals surface area contributed by atoms with E-state index in [1.165, 1.54) is 0 Å². The lowest BCUT2D eigenvalue weighted by Crippen LogP contribution is -2.29. The van der Waals surface area contributed by atoms with E-state index in [1.54, 1.807) is 20.5 Å². The van der Waals surface area contributed by atoms with E-state index in [0.29, 0.717) is 11.5 Å². The largest absolute Gasteiger partial charge is 0.495 e. The highest BCUT2D eigenvalue weighted by Crippen LogP contribution is 2.41. The molecule has 0 saturated heterocycles. The molecular weight excluding hydrogens is 324 g/mol. The lowest BCUT2D eigenvalue weighted by Gasteiger charge is -2.20. The first-order valence-electron chi connectivity index (χ1n) is 6.03. The molecule has 0 bridgehead atoms. The van der Waals surface area contributed by atoms with Gasteiger partial charge in [0.2, 0.25) is 0 Å². The van der Waals surface area contributed by atoms with Gasteiger partial charge in [-0.25, -0.2) is 5.43 Å². The molecular formula is C14H17BrN2O3. The maximum Gasteiger partial charge on any atom is 0.141 e. The van der Waals surface area contributed by atoms with E-state index < -0.39 is 0 Å². The van der Waals surface area contributed by atoms with Crippen LogP contribution in [0.4, 0.5) is 0 Å². The Hall–Kier alpha value is -1.50. The SMILES string of the molecule is COc1ccc(C(NN)c2coc(C)c2)c(OC)c1Br. The maximum absolute atomic E-state index is 5.70. The summed E-state index contributed by atoms with van der Waals surface area (Å²) in [5.74, 6) is 7.89. The molecule has 0 fully saturated rings. The van der Waals surface area contributed by atoms with Crippen molar-refractivity contribution in [3.8, 4) is 11.5 Å². The second-order valence-corrected chi connectivity index (χ2v) is 5.09. The van der Waals surface area contributed by atoms with Crippen molar-refractivity contribution in [1.29, 1.82) is 0 Å². The van der Waals surface area contributed by atoms with Crippen LogP contribution >= 0.6 is 15.9 Å². The summed E-state index contributed by atoms with van der Waals surface area (Å²) in [5.41, 5.74) is 4.61. The van der Waals surface area contributed by atoms with Crippen molar-refractivity contribution in [1.82, 2.24) is 5.43 Å². The summed E-state index contributed by atoms with van der Waals surface area (Å²) in [7, 11) is 3.22. The van der Waals surface area contributed by atoms with E-state index in [0.717, 1.165) is 21.4 Å². The van der Waals surface area contributed by atoms with Gasteiger partial charge in [0.15, 0.2) is 0 Å². The standard InChI is InChI=1S/C14H17BrN2O3/c1-8-6-9(7-20-8)13(17-16)10-4-5-11(18-2)12(15)14(10)19-3/h4-7,13,17H,16H2,1-3H3. The smallest absolute Gasteiger partial charge is 0.141 e. The Balaban J connectivity index is 2.52. The maximum atomic E-state index is 5.70. The van der Waals surface area contributed by atoms with Crippen molar-refractivity contribution in [3.05, 3.63) is 45.8 Å². The molecule has 0 radical (unpaired) electrons. The molecule has 1 heterocycles. The number of furan rings is 1. The number of halogens is 1. The average Bonchev–Trinajstić information content (AvgIpc) is 2.86. The highest BCUT2D eigenvalue weighted by molar-refractivity contribution is 9.10. The third-order valence-electron chi connectivity index (χ3n) is 3.08. The van der Waals surface area contributed by atoms with Gasteiger partial charge in [0.05, 0.1) is 26.5 Å². The zero-order valence-electron chi connectivity index (χ0n) is 11.6. The minimum atomic E-state index is -0.232. The first-order chi connectivity index (χ1) is 9.62. The van der Waals surface area contributed by atoms with Crippen LogP contribution in [0.25, 0.3) is 0 Å². The minimum absolute atomic E-state index is 0.232. The molecule has 3 N–H and O–H groups in total. The van der Waals surface area contributed by atoms with Crippen LogP contribution in [-0.4, -0.2) is 14.2 Å². The third kappa shape index (κ3) is 2.67. The minimum Gasteiger partial charge on any atom is -0.495 e. The third-order valence-corrected chi connectivity index (χ3v) is 3.83. The molecule has 2 rings (SSSR count). The Kier molecular flexibility index (Phi) is 4.69. The molecule has 1 aromatic heterocycles. The Morgan fingerprint density at radius 1 is 1.30 bits per heavy atom. The van der Waals surface area contributed by atoms with Crippen LogP contribution in [0.15, 0.2) is 33.4 Å². The average molecular weight is 341 g/mol. The lowest BCUT2D eigenvalue weighted by atomic mass is 10.0. The number of hydrazine groups is 1. The summed E-state index contributed by atoms with van der Waals surface area (Å²) in [6, 6.07) is 5.47. The highest BCUT2D eigenvalue weighted by Gasteiger charge is 2.22. The molecule has 6 heteroatoms. The van der Waals surface area contributed by atoms with Crippen molar-refractivity contribution >= 4 is 15.9 Å². The predicted molar refractivity (Wildman–Crippen MR) is 79.9 cm³/mol. The number of aryl methyl sites for hydroxylation is 1. The summed E-state index contributed by atoms with van der Waals surface area (Å²) >= 11 is 3.49. The Morgan fingerprint density at radius 3 is 2.55 bits per heavy atom. The Bertz CT molecular complexity index is 598. The van der Waals surface area contributed by atoms with Gasteiger partial charge in [-0.05, 0) is 41.1 Å². The van der Waals surface area contributed by atoms with Gasteiger partial charge in [0.1, 0.15) is 21.7 Å². The molecule has 20 heavy (non-hydrogen) atoms. The van der Waals surface area contributed by atoms with Gasteiger partial charge < -0.3 is 13.9 Å². The first-order valence-corrected chi connectivity index (χ1v) is 6.83. The first kappa shape index (κ1) is 14.9. The van der Waals surface area contributed by atoms with Crippen molar-refractivity contribution in [2.24, 2.45) is 5.84 Å². The molecule has 1 atom stereocenters. The summed E-state index contributed by atoms with van der Waals surface area (Å²) in [6.45, 7) is 1.89. The molecule has 5 nitrogen and oxygen atoms in total. The van der Waals surface area contributed by atoms with Crippen molar-refractivity contribution in [2.45, 2.75) is 13.0 Å². The number of hydrogen-bond donors (Lipinski definition) is 2. The van der Waals surface area contributed by atoms with E-state index >= 15 is 0 Å².